The van der Waals surface area contributed by atoms with Gasteiger partial charge in [0.1, 0.15) is 0 Å². The fraction of sp³-hybridized carbons (Fsp3) is 0.118. The van der Waals surface area contributed by atoms with Gasteiger partial charge in [0.2, 0.25) is 0 Å². The first-order chi connectivity index (χ1) is 11.1. The largest absolute Gasteiger partial charge is 0.326 e. The number of nitrogens with one attached hydrogen (secondary N) is 1. The van der Waals surface area contributed by atoms with Crippen LogP contribution in [0.3, 0.4) is 0 Å². The summed E-state index contributed by atoms with van der Waals surface area (Å²) >= 11 is 0. The monoisotopic (exact) mass is 309 g/mol. The molecular weight excluding hydrogens is 294 g/mol. The van der Waals surface area contributed by atoms with Crippen molar-refractivity contribution in [3.63, 3.8) is 0 Å². The summed E-state index contributed by atoms with van der Waals surface area (Å²) in [6.45, 7) is 2.36. The standard InChI is InChI=1S/C17H15N3O3/c1-12-5-2-3-8-16(12)19-10-9-15(18-17(19)21)13-6-4-7-14(11-13)20(22)23/h2-9,11H,10H2,1H3,(H,18,21). The molecule has 0 unspecified atom stereocenters. The second kappa shape index (κ2) is 5.92. The minimum absolute atomic E-state index is 0.000942. The summed E-state index contributed by atoms with van der Waals surface area (Å²) in [7, 11) is 0. The van der Waals surface area contributed by atoms with Crippen LogP contribution in [0, 0.1) is 17.0 Å². The Labute approximate surface area is 133 Å². The maximum Gasteiger partial charge on any atom is 0.326 e. The molecule has 6 nitrogen and oxygen atoms in total. The van der Waals surface area contributed by atoms with E-state index in [0.717, 1.165) is 11.3 Å². The Morgan fingerprint density at radius 2 is 1.96 bits per heavy atom. The molecule has 116 valence electrons. The molecule has 3 rings (SSSR count). The lowest BCUT2D eigenvalue weighted by atomic mass is 10.1. The molecule has 1 aliphatic rings. The van der Waals surface area contributed by atoms with E-state index >= 15 is 0 Å². The molecule has 1 N–H and O–H groups in total. The van der Waals surface area contributed by atoms with Gasteiger partial charge >= 0.3 is 6.03 Å². The van der Waals surface area contributed by atoms with Crippen LogP contribution in [-0.2, 0) is 0 Å². The first-order valence-corrected chi connectivity index (χ1v) is 7.15. The van der Waals surface area contributed by atoms with Crippen LogP contribution in [0.2, 0.25) is 0 Å². The average molecular weight is 309 g/mol. The van der Waals surface area contributed by atoms with E-state index in [9.17, 15) is 14.9 Å². The van der Waals surface area contributed by atoms with Gasteiger partial charge in [-0.05, 0) is 24.6 Å². The zero-order chi connectivity index (χ0) is 16.4. The number of para-hydroxylation sites is 1. The molecule has 0 atom stereocenters. The SMILES string of the molecule is Cc1ccccc1N1CC=C(c2cccc([N+](=O)[O-])c2)NC1=O. The second-order valence-corrected chi connectivity index (χ2v) is 5.25. The van der Waals surface area contributed by atoms with Crippen LogP contribution in [0.15, 0.2) is 54.6 Å². The van der Waals surface area contributed by atoms with Crippen LogP contribution in [-0.4, -0.2) is 17.5 Å². The number of hydrogen-bond acceptors (Lipinski definition) is 3. The number of anilines is 1. The van der Waals surface area contributed by atoms with Gasteiger partial charge in [0.15, 0.2) is 0 Å². The summed E-state index contributed by atoms with van der Waals surface area (Å²) in [5.74, 6) is 0. The Morgan fingerprint density at radius 1 is 1.17 bits per heavy atom. The Bertz CT molecular complexity index is 814. The van der Waals surface area contributed by atoms with E-state index in [1.54, 1.807) is 17.0 Å². The maximum absolute atomic E-state index is 12.4. The fourth-order valence-corrected chi connectivity index (χ4v) is 2.55. The van der Waals surface area contributed by atoms with Crippen molar-refractivity contribution in [2.75, 3.05) is 11.4 Å². The number of nitrogens with zero attached hydrogens (tertiary/aromatic N) is 2. The number of nitro groups is 1. The minimum atomic E-state index is -0.450. The molecule has 0 saturated heterocycles. The van der Waals surface area contributed by atoms with Crippen LogP contribution in [0.1, 0.15) is 11.1 Å². The average Bonchev–Trinajstić information content (AvgIpc) is 2.56. The highest BCUT2D eigenvalue weighted by Crippen LogP contribution is 2.25. The maximum atomic E-state index is 12.4. The van der Waals surface area contributed by atoms with Crippen molar-refractivity contribution in [2.24, 2.45) is 0 Å². The lowest BCUT2D eigenvalue weighted by molar-refractivity contribution is -0.384. The number of rotatable bonds is 3. The van der Waals surface area contributed by atoms with Gasteiger partial charge in [-0.25, -0.2) is 4.79 Å². The van der Waals surface area contributed by atoms with Crippen LogP contribution in [0.4, 0.5) is 16.2 Å². The van der Waals surface area contributed by atoms with Crippen LogP contribution < -0.4 is 10.2 Å². The van der Waals surface area contributed by atoms with Gasteiger partial charge in [-0.15, -0.1) is 0 Å². The Hall–Kier alpha value is -3.15. The van der Waals surface area contributed by atoms with E-state index in [4.69, 9.17) is 0 Å². The van der Waals surface area contributed by atoms with Crippen LogP contribution >= 0.6 is 0 Å². The van der Waals surface area contributed by atoms with Gasteiger partial charge in [-0.2, -0.15) is 0 Å². The number of carbonyl (C=O) groups excluding carboxylic acids is 1. The lowest BCUT2D eigenvalue weighted by Crippen LogP contribution is -2.43. The molecule has 1 aliphatic heterocycles. The molecule has 0 saturated carbocycles. The van der Waals surface area contributed by atoms with Crippen molar-refractivity contribution in [3.05, 3.63) is 75.8 Å². The number of aryl methyl sites for hydroxylation is 1. The van der Waals surface area contributed by atoms with Crippen molar-refractivity contribution in [2.45, 2.75) is 6.92 Å². The quantitative estimate of drug-likeness (QED) is 0.696. The van der Waals surface area contributed by atoms with Gasteiger partial charge in [-0.1, -0.05) is 30.3 Å². The molecule has 0 bridgehead atoms. The van der Waals surface area contributed by atoms with E-state index < -0.39 is 4.92 Å². The molecule has 6 heteroatoms. The second-order valence-electron chi connectivity index (χ2n) is 5.25. The molecule has 23 heavy (non-hydrogen) atoms. The summed E-state index contributed by atoms with van der Waals surface area (Å²) < 4.78 is 0. The van der Waals surface area contributed by atoms with Gasteiger partial charge < -0.3 is 5.32 Å². The summed E-state index contributed by atoms with van der Waals surface area (Å²) in [6.07, 6.45) is 1.85. The Morgan fingerprint density at radius 3 is 2.65 bits per heavy atom. The highest BCUT2D eigenvalue weighted by atomic mass is 16.6. The Balaban J connectivity index is 1.89. The van der Waals surface area contributed by atoms with Crippen molar-refractivity contribution in [1.82, 2.24) is 5.32 Å². The number of hydrogen-bond donors (Lipinski definition) is 1. The Kier molecular flexibility index (Phi) is 3.80. The van der Waals surface area contributed by atoms with Crippen molar-refractivity contribution in [1.29, 1.82) is 0 Å². The molecule has 2 amide bonds. The predicted molar refractivity (Wildman–Crippen MR) is 88.1 cm³/mol. The highest BCUT2D eigenvalue weighted by Gasteiger charge is 2.22. The minimum Gasteiger partial charge on any atom is -0.307 e. The topological polar surface area (TPSA) is 75.5 Å². The van der Waals surface area contributed by atoms with Gasteiger partial charge in [0, 0.05) is 35.6 Å². The summed E-state index contributed by atoms with van der Waals surface area (Å²) in [6, 6.07) is 13.6. The molecule has 0 radical (unpaired) electrons. The lowest BCUT2D eigenvalue weighted by Gasteiger charge is -2.28. The summed E-state index contributed by atoms with van der Waals surface area (Å²) in [5.41, 5.74) is 3.06. The third-order valence-corrected chi connectivity index (χ3v) is 3.74. The number of benzene rings is 2. The number of non-ortho nitro benzene ring substituents is 1. The molecule has 0 aromatic heterocycles. The third-order valence-electron chi connectivity index (χ3n) is 3.74. The van der Waals surface area contributed by atoms with Crippen molar-refractivity contribution in [3.8, 4) is 0 Å². The highest BCUT2D eigenvalue weighted by molar-refractivity contribution is 6.00. The summed E-state index contributed by atoms with van der Waals surface area (Å²) in [4.78, 5) is 24.4. The smallest absolute Gasteiger partial charge is 0.307 e. The zero-order valence-corrected chi connectivity index (χ0v) is 12.5. The van der Waals surface area contributed by atoms with E-state index in [-0.39, 0.29) is 11.7 Å². The van der Waals surface area contributed by atoms with Crippen molar-refractivity contribution >= 4 is 23.1 Å². The molecule has 0 spiro atoms. The van der Waals surface area contributed by atoms with E-state index in [0.29, 0.717) is 17.8 Å². The molecule has 1 heterocycles. The molecular formula is C17H15N3O3. The molecule has 0 fully saturated rings. The third kappa shape index (κ3) is 2.91. The fourth-order valence-electron chi connectivity index (χ4n) is 2.55. The van der Waals surface area contributed by atoms with E-state index in [1.165, 1.54) is 12.1 Å². The van der Waals surface area contributed by atoms with Gasteiger partial charge in [0.05, 0.1) is 4.92 Å². The van der Waals surface area contributed by atoms with Gasteiger partial charge in [-0.3, -0.25) is 15.0 Å². The normalized spacial score (nSPS) is 14.2. The van der Waals surface area contributed by atoms with Gasteiger partial charge in [0.25, 0.3) is 5.69 Å². The predicted octanol–water partition coefficient (Wildman–Crippen LogP) is 3.47. The number of urea groups is 1. The summed E-state index contributed by atoms with van der Waals surface area (Å²) in [5, 5.41) is 13.7. The molecule has 2 aromatic carbocycles. The molecule has 0 aliphatic carbocycles. The number of amides is 2. The van der Waals surface area contributed by atoms with Crippen LogP contribution in [0.5, 0.6) is 0 Å². The molecule has 2 aromatic rings. The zero-order valence-electron chi connectivity index (χ0n) is 12.5. The van der Waals surface area contributed by atoms with E-state index in [2.05, 4.69) is 5.32 Å². The first kappa shape index (κ1) is 14.8. The van der Waals surface area contributed by atoms with Crippen molar-refractivity contribution < 1.29 is 9.72 Å². The number of nitro benzene ring substituents is 1. The first-order valence-electron chi connectivity index (χ1n) is 7.15. The number of carbonyl (C=O) groups is 1. The van der Waals surface area contributed by atoms with E-state index in [1.807, 2.05) is 37.3 Å². The van der Waals surface area contributed by atoms with Crippen LogP contribution in [0.25, 0.3) is 5.70 Å².